The molecule has 0 heterocycles. The first-order valence-corrected chi connectivity index (χ1v) is 11.2. The number of carbonyl (C=O) groups excluding carboxylic acids is 4. The van der Waals surface area contributed by atoms with E-state index in [2.05, 4.69) is 10.6 Å². The maximum absolute atomic E-state index is 11.7. The number of nitrogens with one attached hydrogen (secondary N) is 2. The van der Waals surface area contributed by atoms with Crippen LogP contribution in [0.2, 0.25) is 0 Å². The van der Waals surface area contributed by atoms with Crippen LogP contribution in [0.3, 0.4) is 0 Å². The lowest BCUT2D eigenvalue weighted by Crippen LogP contribution is -2.38. The van der Waals surface area contributed by atoms with Crippen LogP contribution in [-0.4, -0.2) is 47.7 Å². The highest BCUT2D eigenvalue weighted by Crippen LogP contribution is 2.08. The summed E-state index contributed by atoms with van der Waals surface area (Å²) in [5, 5.41) is 5.15. The third-order valence-corrected chi connectivity index (χ3v) is 3.69. The van der Waals surface area contributed by atoms with E-state index in [0.29, 0.717) is 6.42 Å². The summed E-state index contributed by atoms with van der Waals surface area (Å²) in [4.78, 5) is 44.4. The van der Waals surface area contributed by atoms with Crippen LogP contribution in [0, 0.1) is 0 Å². The van der Waals surface area contributed by atoms with Crippen molar-refractivity contribution in [3.63, 3.8) is 0 Å². The molecule has 0 aromatic heterocycles. The zero-order valence-corrected chi connectivity index (χ0v) is 21.6. The molecule has 9 heteroatoms. The minimum atomic E-state index is -0.558. The van der Waals surface area contributed by atoms with Crippen LogP contribution in [0.5, 0.6) is 0 Å². The van der Waals surface area contributed by atoms with E-state index < -0.39 is 23.4 Å². The van der Waals surface area contributed by atoms with E-state index in [9.17, 15) is 19.2 Å². The highest BCUT2D eigenvalue weighted by molar-refractivity contribution is 5.72. The SMILES string of the molecule is C.C[C@H](CC(=O)OCc1ccccc1)NC(=O)OC(C)(C)C.C[C@H](CC=O)NC(=O)OC(C)(C)C. The highest BCUT2D eigenvalue weighted by Gasteiger charge is 2.19. The Morgan fingerprint density at radius 1 is 0.857 bits per heavy atom. The monoisotopic (exact) mass is 496 g/mol. The van der Waals surface area contributed by atoms with Gasteiger partial charge in [-0.2, -0.15) is 0 Å². The van der Waals surface area contributed by atoms with E-state index in [-0.39, 0.29) is 38.5 Å². The van der Waals surface area contributed by atoms with E-state index in [4.69, 9.17) is 14.2 Å². The normalized spacial score (nSPS) is 12.3. The average molecular weight is 497 g/mol. The highest BCUT2D eigenvalue weighted by atomic mass is 16.6. The molecule has 0 bridgehead atoms. The van der Waals surface area contributed by atoms with Gasteiger partial charge in [0, 0.05) is 18.5 Å². The van der Waals surface area contributed by atoms with Crippen molar-refractivity contribution < 1.29 is 33.4 Å². The smallest absolute Gasteiger partial charge is 0.407 e. The first-order chi connectivity index (χ1) is 15.6. The van der Waals surface area contributed by atoms with Gasteiger partial charge in [0.25, 0.3) is 0 Å². The minimum absolute atomic E-state index is 0. The molecule has 0 fully saturated rings. The van der Waals surface area contributed by atoms with E-state index in [1.54, 1.807) is 55.4 Å². The summed E-state index contributed by atoms with van der Waals surface area (Å²) in [5.74, 6) is -0.359. The molecule has 0 saturated carbocycles. The maximum atomic E-state index is 11.7. The third kappa shape index (κ3) is 21.2. The average Bonchev–Trinajstić information content (AvgIpc) is 2.64. The molecule has 0 saturated heterocycles. The topological polar surface area (TPSA) is 120 Å². The minimum Gasteiger partial charge on any atom is -0.461 e. The number of ether oxygens (including phenoxy) is 3. The van der Waals surface area contributed by atoms with Crippen LogP contribution < -0.4 is 10.6 Å². The molecule has 0 aliphatic rings. The van der Waals surface area contributed by atoms with Crippen molar-refractivity contribution in [2.75, 3.05) is 0 Å². The summed E-state index contributed by atoms with van der Waals surface area (Å²) >= 11 is 0. The molecule has 200 valence electrons. The number of hydrogen-bond donors (Lipinski definition) is 2. The predicted octanol–water partition coefficient (Wildman–Crippen LogP) is 5.16. The van der Waals surface area contributed by atoms with Crippen LogP contribution in [0.25, 0.3) is 0 Å². The number of esters is 1. The van der Waals surface area contributed by atoms with Gasteiger partial charge >= 0.3 is 18.2 Å². The Morgan fingerprint density at radius 2 is 1.31 bits per heavy atom. The van der Waals surface area contributed by atoms with Gasteiger partial charge < -0.3 is 29.6 Å². The van der Waals surface area contributed by atoms with Crippen LogP contribution >= 0.6 is 0 Å². The molecule has 9 nitrogen and oxygen atoms in total. The number of aldehydes is 1. The van der Waals surface area contributed by atoms with Crippen molar-refractivity contribution in [1.29, 1.82) is 0 Å². The van der Waals surface area contributed by atoms with Crippen molar-refractivity contribution in [2.45, 2.75) is 106 Å². The summed E-state index contributed by atoms with van der Waals surface area (Å²) in [6.45, 7) is 14.4. The molecule has 1 rings (SSSR count). The molecule has 0 spiro atoms. The zero-order chi connectivity index (χ0) is 26.4. The van der Waals surface area contributed by atoms with Gasteiger partial charge in [-0.05, 0) is 61.0 Å². The Hall–Kier alpha value is -3.10. The van der Waals surface area contributed by atoms with Crippen LogP contribution in [0.1, 0.15) is 81.2 Å². The molecule has 35 heavy (non-hydrogen) atoms. The second kappa shape index (κ2) is 16.5. The summed E-state index contributed by atoms with van der Waals surface area (Å²) in [5.41, 5.74) is -0.124. The van der Waals surface area contributed by atoms with Crippen LogP contribution in [0.15, 0.2) is 30.3 Å². The first-order valence-electron chi connectivity index (χ1n) is 11.2. The zero-order valence-electron chi connectivity index (χ0n) is 21.6. The Balaban J connectivity index is 0. The number of carbonyl (C=O) groups is 4. The molecule has 2 atom stereocenters. The number of benzene rings is 1. The molecule has 0 unspecified atom stereocenters. The van der Waals surface area contributed by atoms with Crippen LogP contribution in [0.4, 0.5) is 9.59 Å². The van der Waals surface area contributed by atoms with Gasteiger partial charge in [0.2, 0.25) is 0 Å². The van der Waals surface area contributed by atoms with E-state index in [1.807, 2.05) is 30.3 Å². The fourth-order valence-electron chi connectivity index (χ4n) is 2.32. The summed E-state index contributed by atoms with van der Waals surface area (Å²) in [6, 6.07) is 8.92. The Morgan fingerprint density at radius 3 is 1.74 bits per heavy atom. The Kier molecular flexibility index (Phi) is 16.1. The van der Waals surface area contributed by atoms with E-state index >= 15 is 0 Å². The lowest BCUT2D eigenvalue weighted by Gasteiger charge is -2.21. The second-order valence-electron chi connectivity index (χ2n) is 9.85. The number of hydrogen-bond acceptors (Lipinski definition) is 7. The summed E-state index contributed by atoms with van der Waals surface area (Å²) < 4.78 is 15.3. The van der Waals surface area contributed by atoms with Crippen molar-refractivity contribution in [1.82, 2.24) is 10.6 Å². The lowest BCUT2D eigenvalue weighted by atomic mass is 10.2. The van der Waals surface area contributed by atoms with E-state index in [1.165, 1.54) is 0 Å². The van der Waals surface area contributed by atoms with Crippen molar-refractivity contribution >= 4 is 24.4 Å². The predicted molar refractivity (Wildman–Crippen MR) is 136 cm³/mol. The van der Waals surface area contributed by atoms with Gasteiger partial charge in [-0.1, -0.05) is 37.8 Å². The number of rotatable bonds is 8. The van der Waals surface area contributed by atoms with Crippen molar-refractivity contribution in [3.8, 4) is 0 Å². The fraction of sp³-hybridized carbons (Fsp3) is 0.615. The number of alkyl carbamates (subject to hydrolysis) is 2. The fourth-order valence-corrected chi connectivity index (χ4v) is 2.32. The van der Waals surface area contributed by atoms with Gasteiger partial charge in [-0.3, -0.25) is 4.79 Å². The Labute approximate surface area is 210 Å². The third-order valence-electron chi connectivity index (χ3n) is 3.69. The molecule has 0 radical (unpaired) electrons. The molecule has 0 aliphatic carbocycles. The van der Waals surface area contributed by atoms with Crippen molar-refractivity contribution in [3.05, 3.63) is 35.9 Å². The maximum Gasteiger partial charge on any atom is 0.407 e. The summed E-state index contributed by atoms with van der Waals surface area (Å²) in [7, 11) is 0. The van der Waals surface area contributed by atoms with Gasteiger partial charge in [0.1, 0.15) is 24.1 Å². The van der Waals surface area contributed by atoms with E-state index in [0.717, 1.165) is 11.8 Å². The molecular formula is C26H44N2O7. The summed E-state index contributed by atoms with van der Waals surface area (Å²) in [6.07, 6.45) is 0.153. The first kappa shape index (κ1) is 34.1. The van der Waals surface area contributed by atoms with Gasteiger partial charge in [-0.15, -0.1) is 0 Å². The second-order valence-corrected chi connectivity index (χ2v) is 9.85. The van der Waals surface area contributed by atoms with Gasteiger partial charge in [0.05, 0.1) is 6.42 Å². The molecule has 2 N–H and O–H groups in total. The molecule has 0 aliphatic heterocycles. The standard InChI is InChI=1S/C16H23NO4.C9H17NO3.CH4/c1-12(17-15(19)21-16(2,3)4)10-14(18)20-11-13-8-6-5-7-9-13;1-7(5-6-11)10-8(12)13-9(2,3)4;/h5-9,12H,10-11H2,1-4H3,(H,17,19);6-7H,5H2,1-4H3,(H,10,12);1H4/t12-;7-;/m11./s1. The van der Waals surface area contributed by atoms with Crippen molar-refractivity contribution in [2.24, 2.45) is 0 Å². The lowest BCUT2D eigenvalue weighted by molar-refractivity contribution is -0.145. The Bertz CT molecular complexity index is 768. The quantitative estimate of drug-likeness (QED) is 0.290. The molecular weight excluding hydrogens is 452 g/mol. The largest absolute Gasteiger partial charge is 0.461 e. The van der Waals surface area contributed by atoms with Gasteiger partial charge in [0.15, 0.2) is 0 Å². The molecule has 1 aromatic rings. The molecule has 2 amide bonds. The number of amides is 2. The molecule has 1 aromatic carbocycles. The van der Waals surface area contributed by atoms with Gasteiger partial charge in [-0.25, -0.2) is 9.59 Å². The van der Waals surface area contributed by atoms with Crippen LogP contribution in [-0.2, 0) is 30.4 Å².